The van der Waals surface area contributed by atoms with Crippen molar-refractivity contribution < 1.29 is 14.3 Å². The molecule has 22 heavy (non-hydrogen) atoms. The van der Waals surface area contributed by atoms with E-state index in [-0.39, 0.29) is 18.2 Å². The summed E-state index contributed by atoms with van der Waals surface area (Å²) in [5.74, 6) is -1.06. The molecule has 0 aliphatic heterocycles. The number of hydrogen-bond donors (Lipinski definition) is 1. The molecule has 1 aromatic heterocycles. The Labute approximate surface area is 132 Å². The van der Waals surface area contributed by atoms with Crippen LogP contribution in [0.4, 0.5) is 0 Å². The van der Waals surface area contributed by atoms with Crippen molar-refractivity contribution in [3.63, 3.8) is 0 Å². The molecule has 0 unspecified atom stereocenters. The first-order valence-electron chi connectivity index (χ1n) is 6.59. The van der Waals surface area contributed by atoms with Gasteiger partial charge in [0.15, 0.2) is 12.3 Å². The van der Waals surface area contributed by atoms with Crippen LogP contribution in [-0.4, -0.2) is 35.0 Å². The Balaban J connectivity index is 1.69. The minimum Gasteiger partial charge on any atom is -0.451 e. The van der Waals surface area contributed by atoms with Gasteiger partial charge >= 0.3 is 5.97 Å². The van der Waals surface area contributed by atoms with Crippen LogP contribution in [0.1, 0.15) is 16.1 Å². The molecule has 0 saturated carbocycles. The summed E-state index contributed by atoms with van der Waals surface area (Å²) in [5, 5.41) is 3.32. The molecule has 0 aliphatic rings. The number of nitrogens with zero attached hydrogens (tertiary/aromatic N) is 2. The van der Waals surface area contributed by atoms with E-state index in [9.17, 15) is 9.59 Å². The van der Waals surface area contributed by atoms with E-state index in [2.05, 4.69) is 15.3 Å². The minimum atomic E-state index is -0.682. The summed E-state index contributed by atoms with van der Waals surface area (Å²) in [6.45, 7) is 0.0762. The van der Waals surface area contributed by atoms with E-state index >= 15 is 0 Å². The van der Waals surface area contributed by atoms with E-state index in [0.717, 1.165) is 5.56 Å². The zero-order valence-corrected chi connectivity index (χ0v) is 12.4. The summed E-state index contributed by atoms with van der Waals surface area (Å²) >= 11 is 5.87. The second-order valence-corrected chi connectivity index (χ2v) is 4.83. The number of carbonyl (C=O) groups is 2. The summed E-state index contributed by atoms with van der Waals surface area (Å²) in [6, 6.07) is 7.39. The summed E-state index contributed by atoms with van der Waals surface area (Å²) in [6.07, 6.45) is 4.74. The summed E-state index contributed by atoms with van der Waals surface area (Å²) in [5.41, 5.74) is 1.08. The number of nitrogens with one attached hydrogen (secondary N) is 1. The highest BCUT2D eigenvalue weighted by molar-refractivity contribution is 6.30. The third-order valence-electron chi connectivity index (χ3n) is 2.73. The van der Waals surface area contributed by atoms with Gasteiger partial charge in [-0.3, -0.25) is 9.78 Å². The third-order valence-corrected chi connectivity index (χ3v) is 2.97. The van der Waals surface area contributed by atoms with Crippen molar-refractivity contribution in [2.24, 2.45) is 0 Å². The molecule has 0 bridgehead atoms. The van der Waals surface area contributed by atoms with Gasteiger partial charge in [0, 0.05) is 24.0 Å². The van der Waals surface area contributed by atoms with Crippen LogP contribution in [0.5, 0.6) is 0 Å². The lowest BCUT2D eigenvalue weighted by atomic mass is 10.1. The van der Waals surface area contributed by atoms with E-state index < -0.39 is 5.97 Å². The molecule has 0 saturated heterocycles. The van der Waals surface area contributed by atoms with Crippen molar-refractivity contribution in [2.75, 3.05) is 13.2 Å². The van der Waals surface area contributed by atoms with Gasteiger partial charge in [-0.1, -0.05) is 23.7 Å². The monoisotopic (exact) mass is 319 g/mol. The molecule has 1 aromatic carbocycles. The maximum absolute atomic E-state index is 11.6. The molecule has 0 aliphatic carbocycles. The average Bonchev–Trinajstić information content (AvgIpc) is 2.53. The van der Waals surface area contributed by atoms with Crippen LogP contribution in [0.25, 0.3) is 0 Å². The number of esters is 1. The molecule has 7 heteroatoms. The molecule has 0 fully saturated rings. The van der Waals surface area contributed by atoms with Crippen molar-refractivity contribution in [3.05, 3.63) is 59.1 Å². The van der Waals surface area contributed by atoms with Crippen LogP contribution in [0.3, 0.4) is 0 Å². The molecule has 0 atom stereocenters. The highest BCUT2D eigenvalue weighted by atomic mass is 35.5. The topological polar surface area (TPSA) is 81.2 Å². The lowest BCUT2D eigenvalue weighted by Gasteiger charge is -2.06. The zero-order valence-electron chi connectivity index (χ0n) is 11.7. The Bertz CT molecular complexity index is 649. The number of hydrogen-bond acceptors (Lipinski definition) is 5. The summed E-state index contributed by atoms with van der Waals surface area (Å²) in [7, 11) is 0. The molecule has 1 amide bonds. The average molecular weight is 320 g/mol. The largest absolute Gasteiger partial charge is 0.451 e. The Kier molecular flexibility index (Phi) is 5.85. The number of rotatable bonds is 6. The van der Waals surface area contributed by atoms with Gasteiger partial charge in [-0.25, -0.2) is 9.78 Å². The van der Waals surface area contributed by atoms with Gasteiger partial charge in [0.1, 0.15) is 0 Å². The van der Waals surface area contributed by atoms with Crippen LogP contribution in [-0.2, 0) is 16.0 Å². The molecule has 2 aromatic rings. The Morgan fingerprint density at radius 2 is 2.14 bits per heavy atom. The summed E-state index contributed by atoms with van der Waals surface area (Å²) < 4.78 is 4.84. The fraction of sp³-hybridized carbons (Fsp3) is 0.200. The number of amides is 1. The first kappa shape index (κ1) is 15.9. The maximum atomic E-state index is 11.6. The maximum Gasteiger partial charge on any atom is 0.359 e. The number of benzene rings is 1. The normalized spacial score (nSPS) is 10.0. The number of carbonyl (C=O) groups excluding carboxylic acids is 2. The second-order valence-electron chi connectivity index (χ2n) is 4.40. The first-order valence-corrected chi connectivity index (χ1v) is 6.97. The molecular weight excluding hydrogens is 306 g/mol. The number of aromatic nitrogens is 2. The van der Waals surface area contributed by atoms with Crippen LogP contribution in [0.15, 0.2) is 42.9 Å². The summed E-state index contributed by atoms with van der Waals surface area (Å²) in [4.78, 5) is 30.7. The van der Waals surface area contributed by atoms with Crippen molar-refractivity contribution in [2.45, 2.75) is 6.42 Å². The molecule has 2 rings (SSSR count). The lowest BCUT2D eigenvalue weighted by Crippen LogP contribution is -2.30. The smallest absolute Gasteiger partial charge is 0.359 e. The molecule has 0 radical (unpaired) electrons. The van der Waals surface area contributed by atoms with Crippen molar-refractivity contribution in [1.82, 2.24) is 15.3 Å². The third kappa shape index (κ3) is 5.14. The molecule has 6 nitrogen and oxygen atoms in total. The standard InChI is InChI=1S/C15H14ClN3O3/c16-12-3-1-2-11(8-12)4-5-19-14(20)10-22-15(21)13-9-17-6-7-18-13/h1-3,6-9H,4-5,10H2,(H,19,20). The van der Waals surface area contributed by atoms with Crippen LogP contribution in [0.2, 0.25) is 5.02 Å². The highest BCUT2D eigenvalue weighted by Gasteiger charge is 2.11. The molecular formula is C15H14ClN3O3. The van der Waals surface area contributed by atoms with Gasteiger partial charge in [0.25, 0.3) is 5.91 Å². The Morgan fingerprint density at radius 1 is 1.27 bits per heavy atom. The number of ether oxygens (including phenoxy) is 1. The van der Waals surface area contributed by atoms with Gasteiger partial charge < -0.3 is 10.1 Å². The second kappa shape index (κ2) is 8.09. The van der Waals surface area contributed by atoms with Gasteiger partial charge in [0.2, 0.25) is 0 Å². The van der Waals surface area contributed by atoms with Crippen molar-refractivity contribution >= 4 is 23.5 Å². The van der Waals surface area contributed by atoms with E-state index in [4.69, 9.17) is 16.3 Å². The lowest BCUT2D eigenvalue weighted by molar-refractivity contribution is -0.124. The van der Waals surface area contributed by atoms with Crippen molar-refractivity contribution in [3.8, 4) is 0 Å². The predicted octanol–water partition coefficient (Wildman–Crippen LogP) is 1.65. The van der Waals surface area contributed by atoms with Crippen molar-refractivity contribution in [1.29, 1.82) is 0 Å². The molecule has 1 heterocycles. The zero-order chi connectivity index (χ0) is 15.8. The predicted molar refractivity (Wildman–Crippen MR) is 80.5 cm³/mol. The van der Waals surface area contributed by atoms with Crippen LogP contribution < -0.4 is 5.32 Å². The van der Waals surface area contributed by atoms with Gasteiger partial charge in [-0.05, 0) is 24.1 Å². The van der Waals surface area contributed by atoms with Gasteiger partial charge in [-0.2, -0.15) is 0 Å². The quantitative estimate of drug-likeness (QED) is 0.819. The fourth-order valence-electron chi connectivity index (χ4n) is 1.70. The Morgan fingerprint density at radius 3 is 2.86 bits per heavy atom. The van der Waals surface area contributed by atoms with Gasteiger partial charge in [0.05, 0.1) is 6.20 Å². The van der Waals surface area contributed by atoms with E-state index in [0.29, 0.717) is 18.0 Å². The number of halogens is 1. The van der Waals surface area contributed by atoms with Gasteiger partial charge in [-0.15, -0.1) is 0 Å². The van der Waals surface area contributed by atoms with E-state index in [1.165, 1.54) is 18.6 Å². The molecule has 114 valence electrons. The van der Waals surface area contributed by atoms with Crippen LogP contribution in [0, 0.1) is 0 Å². The highest BCUT2D eigenvalue weighted by Crippen LogP contribution is 2.10. The molecule has 1 N–H and O–H groups in total. The fourth-order valence-corrected chi connectivity index (χ4v) is 1.91. The SMILES string of the molecule is O=C(COC(=O)c1cnccn1)NCCc1cccc(Cl)c1. The van der Waals surface area contributed by atoms with Crippen LogP contribution >= 0.6 is 11.6 Å². The first-order chi connectivity index (χ1) is 10.6. The minimum absolute atomic E-state index is 0.0641. The van der Waals surface area contributed by atoms with E-state index in [1.807, 2.05) is 18.2 Å². The van der Waals surface area contributed by atoms with E-state index in [1.54, 1.807) is 6.07 Å². The molecule has 0 spiro atoms. The Hall–Kier alpha value is -2.47.